The Bertz CT molecular complexity index is 800. The first-order chi connectivity index (χ1) is 11.6. The summed E-state index contributed by atoms with van der Waals surface area (Å²) < 4.78 is 18.0. The normalized spacial score (nSPS) is 12.1. The molecule has 1 aromatic carbocycles. The average Bonchev–Trinajstić information content (AvgIpc) is 3.25. The number of hydrogen-bond donors (Lipinski definition) is 1. The number of rotatable bonds is 6. The Morgan fingerprint density at radius 1 is 1.33 bits per heavy atom. The van der Waals surface area contributed by atoms with Crippen LogP contribution >= 0.6 is 11.3 Å². The molecular formula is C17H16FN3O2S. The molecule has 0 aliphatic rings. The lowest BCUT2D eigenvalue weighted by atomic mass is 10.0. The zero-order chi connectivity index (χ0) is 16.9. The van der Waals surface area contributed by atoms with Crippen LogP contribution in [0.2, 0.25) is 0 Å². The molecule has 3 aromatic rings. The summed E-state index contributed by atoms with van der Waals surface area (Å²) in [5, 5.41) is 8.61. The molecule has 1 unspecified atom stereocenters. The third-order valence-electron chi connectivity index (χ3n) is 3.53. The molecule has 5 nitrogen and oxygen atoms in total. The van der Waals surface area contributed by atoms with Gasteiger partial charge in [-0.1, -0.05) is 30.3 Å². The van der Waals surface area contributed by atoms with Gasteiger partial charge in [-0.2, -0.15) is 4.98 Å². The number of halogens is 1. The Balaban J connectivity index is 1.52. The number of carbonyl (C=O) groups excluding carboxylic acids is 1. The maximum Gasteiger partial charge on any atom is 0.246 e. The van der Waals surface area contributed by atoms with Crippen LogP contribution in [0.4, 0.5) is 4.39 Å². The van der Waals surface area contributed by atoms with Gasteiger partial charge in [-0.25, -0.2) is 4.39 Å². The Morgan fingerprint density at radius 3 is 2.83 bits per heavy atom. The first-order valence-corrected chi connectivity index (χ1v) is 8.38. The van der Waals surface area contributed by atoms with E-state index in [0.717, 1.165) is 10.4 Å². The second-order valence-electron chi connectivity index (χ2n) is 5.44. The van der Waals surface area contributed by atoms with Crippen molar-refractivity contribution >= 4 is 17.2 Å². The second kappa shape index (κ2) is 7.35. The van der Waals surface area contributed by atoms with Gasteiger partial charge in [0.05, 0.1) is 11.4 Å². The standard InChI is InChI=1S/C17H16FN3O2S/c1-11(9-12-4-6-13(18)7-5-12)17(22)19-10-15-20-16(21-23-15)14-3-2-8-24-14/h2-8,11H,9-10H2,1H3,(H,19,22). The minimum absolute atomic E-state index is 0.116. The van der Waals surface area contributed by atoms with Crippen molar-refractivity contribution in [1.82, 2.24) is 15.5 Å². The van der Waals surface area contributed by atoms with E-state index >= 15 is 0 Å². The molecule has 0 saturated carbocycles. The maximum atomic E-state index is 12.9. The molecule has 24 heavy (non-hydrogen) atoms. The highest BCUT2D eigenvalue weighted by atomic mass is 32.1. The van der Waals surface area contributed by atoms with Crippen molar-refractivity contribution in [3.05, 3.63) is 59.0 Å². The summed E-state index contributed by atoms with van der Waals surface area (Å²) in [6.45, 7) is 2.01. The van der Waals surface area contributed by atoms with Crippen molar-refractivity contribution in [2.75, 3.05) is 0 Å². The number of hydrogen-bond acceptors (Lipinski definition) is 5. The first-order valence-electron chi connectivity index (χ1n) is 7.50. The largest absolute Gasteiger partial charge is 0.347 e. The molecule has 2 aromatic heterocycles. The molecule has 0 radical (unpaired) electrons. The van der Waals surface area contributed by atoms with E-state index in [9.17, 15) is 9.18 Å². The van der Waals surface area contributed by atoms with E-state index in [4.69, 9.17) is 4.52 Å². The predicted molar refractivity (Wildman–Crippen MR) is 88.7 cm³/mol. The molecule has 0 aliphatic heterocycles. The lowest BCUT2D eigenvalue weighted by Crippen LogP contribution is -2.30. The topological polar surface area (TPSA) is 68.0 Å². The molecule has 1 N–H and O–H groups in total. The van der Waals surface area contributed by atoms with Crippen LogP contribution in [0, 0.1) is 11.7 Å². The number of nitrogens with one attached hydrogen (secondary N) is 1. The summed E-state index contributed by atoms with van der Waals surface area (Å²) in [4.78, 5) is 17.3. The van der Waals surface area contributed by atoms with E-state index in [1.54, 1.807) is 12.1 Å². The molecule has 124 valence electrons. The van der Waals surface area contributed by atoms with Crippen molar-refractivity contribution < 1.29 is 13.7 Å². The van der Waals surface area contributed by atoms with Gasteiger partial charge in [-0.15, -0.1) is 11.3 Å². The predicted octanol–water partition coefficient (Wildman–Crippen LogP) is 3.43. The quantitative estimate of drug-likeness (QED) is 0.743. The molecule has 0 bridgehead atoms. The van der Waals surface area contributed by atoms with Crippen molar-refractivity contribution in [2.45, 2.75) is 19.9 Å². The summed E-state index contributed by atoms with van der Waals surface area (Å²) in [5.74, 6) is 0.244. The van der Waals surface area contributed by atoms with E-state index in [1.807, 2.05) is 24.4 Å². The smallest absolute Gasteiger partial charge is 0.246 e. The Morgan fingerprint density at radius 2 is 2.12 bits per heavy atom. The Kier molecular flexibility index (Phi) is 5.00. The molecule has 0 saturated heterocycles. The fraction of sp³-hybridized carbons (Fsp3) is 0.235. The SMILES string of the molecule is CC(Cc1ccc(F)cc1)C(=O)NCc1nc(-c2cccs2)no1. The first kappa shape index (κ1) is 16.3. The van der Waals surface area contributed by atoms with Gasteiger partial charge in [-0.3, -0.25) is 4.79 Å². The third-order valence-corrected chi connectivity index (χ3v) is 4.39. The minimum Gasteiger partial charge on any atom is -0.347 e. The van der Waals surface area contributed by atoms with Crippen molar-refractivity contribution in [2.24, 2.45) is 5.92 Å². The van der Waals surface area contributed by atoms with E-state index in [2.05, 4.69) is 15.5 Å². The van der Waals surface area contributed by atoms with E-state index < -0.39 is 0 Å². The third kappa shape index (κ3) is 4.05. The zero-order valence-corrected chi connectivity index (χ0v) is 13.8. The fourth-order valence-electron chi connectivity index (χ4n) is 2.24. The number of amides is 1. The van der Waals surface area contributed by atoms with Crippen LogP contribution in [-0.4, -0.2) is 16.0 Å². The van der Waals surface area contributed by atoms with Gasteiger partial charge in [0.2, 0.25) is 17.6 Å². The molecule has 3 rings (SSSR count). The van der Waals surface area contributed by atoms with E-state index in [0.29, 0.717) is 18.1 Å². The maximum absolute atomic E-state index is 12.9. The number of carbonyl (C=O) groups is 1. The lowest BCUT2D eigenvalue weighted by Gasteiger charge is -2.11. The second-order valence-corrected chi connectivity index (χ2v) is 6.39. The highest BCUT2D eigenvalue weighted by molar-refractivity contribution is 7.13. The van der Waals surface area contributed by atoms with Crippen LogP contribution in [0.3, 0.4) is 0 Å². The van der Waals surface area contributed by atoms with Crippen LogP contribution in [0.25, 0.3) is 10.7 Å². The highest BCUT2D eigenvalue weighted by Gasteiger charge is 2.15. The fourth-order valence-corrected chi connectivity index (χ4v) is 2.89. The number of nitrogens with zero attached hydrogens (tertiary/aromatic N) is 2. The number of aromatic nitrogens is 2. The van der Waals surface area contributed by atoms with Gasteiger partial charge >= 0.3 is 0 Å². The highest BCUT2D eigenvalue weighted by Crippen LogP contribution is 2.21. The van der Waals surface area contributed by atoms with Crippen LogP contribution in [-0.2, 0) is 17.8 Å². The van der Waals surface area contributed by atoms with Gasteiger partial charge in [0.1, 0.15) is 5.82 Å². The van der Waals surface area contributed by atoms with Crippen LogP contribution < -0.4 is 5.32 Å². The van der Waals surface area contributed by atoms with E-state index in [-0.39, 0.29) is 24.2 Å². The van der Waals surface area contributed by atoms with Crippen molar-refractivity contribution in [3.63, 3.8) is 0 Å². The summed E-state index contributed by atoms with van der Waals surface area (Å²) in [6.07, 6.45) is 0.538. The lowest BCUT2D eigenvalue weighted by molar-refractivity contribution is -0.124. The zero-order valence-electron chi connectivity index (χ0n) is 13.0. The summed E-state index contributed by atoms with van der Waals surface area (Å²) in [6, 6.07) is 9.97. The number of thiophene rings is 1. The molecule has 1 atom stereocenters. The molecule has 2 heterocycles. The summed E-state index contributed by atoms with van der Waals surface area (Å²) in [7, 11) is 0. The van der Waals surface area contributed by atoms with Gasteiger partial charge in [0, 0.05) is 5.92 Å². The monoisotopic (exact) mass is 345 g/mol. The molecule has 0 fully saturated rings. The Hall–Kier alpha value is -2.54. The van der Waals surface area contributed by atoms with Gasteiger partial charge in [0.25, 0.3) is 0 Å². The van der Waals surface area contributed by atoms with Crippen molar-refractivity contribution in [1.29, 1.82) is 0 Å². The Labute approximate surface area is 142 Å². The van der Waals surface area contributed by atoms with Crippen LogP contribution in [0.15, 0.2) is 46.3 Å². The molecule has 0 aliphatic carbocycles. The van der Waals surface area contributed by atoms with E-state index in [1.165, 1.54) is 23.5 Å². The minimum atomic E-state index is -0.284. The number of benzene rings is 1. The molecular weight excluding hydrogens is 329 g/mol. The van der Waals surface area contributed by atoms with Gasteiger partial charge in [-0.05, 0) is 35.6 Å². The van der Waals surface area contributed by atoms with Crippen LogP contribution in [0.1, 0.15) is 18.4 Å². The van der Waals surface area contributed by atoms with Gasteiger partial charge < -0.3 is 9.84 Å². The van der Waals surface area contributed by atoms with Crippen molar-refractivity contribution in [3.8, 4) is 10.7 Å². The average molecular weight is 345 g/mol. The molecule has 1 amide bonds. The van der Waals surface area contributed by atoms with Gasteiger partial charge in [0.15, 0.2) is 0 Å². The molecule has 7 heteroatoms. The summed E-state index contributed by atoms with van der Waals surface area (Å²) >= 11 is 1.52. The van der Waals surface area contributed by atoms with Crippen LogP contribution in [0.5, 0.6) is 0 Å². The molecule has 0 spiro atoms. The summed E-state index contributed by atoms with van der Waals surface area (Å²) in [5.41, 5.74) is 0.914.